The molecule has 2 N–H and O–H groups in total. The van der Waals surface area contributed by atoms with Crippen molar-refractivity contribution in [1.29, 1.82) is 0 Å². The Labute approximate surface area is 181 Å². The Bertz CT molecular complexity index is 1300. The SMILES string of the molecule is Cc1cc(C(=O)Nc2ccc(-n3nnn(CC(=O)NCc4ccco4)c3=O)cc2)c(C)o1. The molecule has 1 aromatic carbocycles. The summed E-state index contributed by atoms with van der Waals surface area (Å²) < 4.78 is 12.5. The van der Waals surface area contributed by atoms with E-state index in [2.05, 4.69) is 21.1 Å². The second kappa shape index (κ2) is 8.76. The quantitative estimate of drug-likeness (QED) is 0.451. The third-order valence-electron chi connectivity index (χ3n) is 4.63. The number of carbonyl (C=O) groups excluding carboxylic acids is 2. The van der Waals surface area contributed by atoms with E-state index in [4.69, 9.17) is 8.83 Å². The van der Waals surface area contributed by atoms with E-state index in [9.17, 15) is 14.4 Å². The number of nitrogens with zero attached hydrogens (tertiary/aromatic N) is 4. The molecule has 164 valence electrons. The van der Waals surface area contributed by atoms with Gasteiger partial charge in [0, 0.05) is 5.69 Å². The number of hydrogen-bond acceptors (Lipinski definition) is 7. The van der Waals surface area contributed by atoms with E-state index >= 15 is 0 Å². The Morgan fingerprint density at radius 3 is 2.53 bits per heavy atom. The zero-order chi connectivity index (χ0) is 22.7. The highest BCUT2D eigenvalue weighted by Gasteiger charge is 2.15. The first-order valence-corrected chi connectivity index (χ1v) is 9.71. The van der Waals surface area contributed by atoms with Crippen LogP contribution in [0.4, 0.5) is 5.69 Å². The maximum Gasteiger partial charge on any atom is 0.368 e. The van der Waals surface area contributed by atoms with Gasteiger partial charge in [-0.2, -0.15) is 9.36 Å². The summed E-state index contributed by atoms with van der Waals surface area (Å²) in [5.41, 5.74) is 0.857. The summed E-state index contributed by atoms with van der Waals surface area (Å²) in [6, 6.07) is 11.6. The van der Waals surface area contributed by atoms with Crippen molar-refractivity contribution in [2.24, 2.45) is 0 Å². The van der Waals surface area contributed by atoms with Gasteiger partial charge < -0.3 is 19.5 Å². The van der Waals surface area contributed by atoms with Crippen molar-refractivity contribution in [3.8, 4) is 5.69 Å². The van der Waals surface area contributed by atoms with Crippen LogP contribution < -0.4 is 16.3 Å². The predicted molar refractivity (Wildman–Crippen MR) is 112 cm³/mol. The van der Waals surface area contributed by atoms with Crippen LogP contribution in [-0.4, -0.2) is 31.6 Å². The van der Waals surface area contributed by atoms with E-state index in [1.165, 1.54) is 6.26 Å². The van der Waals surface area contributed by atoms with Crippen LogP contribution in [-0.2, 0) is 17.9 Å². The van der Waals surface area contributed by atoms with Crippen molar-refractivity contribution in [1.82, 2.24) is 25.1 Å². The van der Waals surface area contributed by atoms with Gasteiger partial charge in [-0.3, -0.25) is 9.59 Å². The molecule has 0 bridgehead atoms. The summed E-state index contributed by atoms with van der Waals surface area (Å²) in [6.45, 7) is 3.42. The summed E-state index contributed by atoms with van der Waals surface area (Å²) >= 11 is 0. The molecule has 32 heavy (non-hydrogen) atoms. The van der Waals surface area contributed by atoms with Crippen LogP contribution in [0, 0.1) is 13.8 Å². The minimum Gasteiger partial charge on any atom is -0.467 e. The number of aromatic nitrogens is 4. The van der Waals surface area contributed by atoms with Crippen molar-refractivity contribution < 1.29 is 18.4 Å². The van der Waals surface area contributed by atoms with E-state index in [-0.39, 0.29) is 19.0 Å². The number of tetrazole rings is 1. The van der Waals surface area contributed by atoms with Crippen molar-refractivity contribution in [3.63, 3.8) is 0 Å². The molecule has 4 rings (SSSR count). The smallest absolute Gasteiger partial charge is 0.368 e. The molecule has 11 nitrogen and oxygen atoms in total. The van der Waals surface area contributed by atoms with Crippen LogP contribution in [0.15, 0.2) is 62.4 Å². The van der Waals surface area contributed by atoms with Gasteiger partial charge in [-0.05, 0) is 66.7 Å². The molecular weight excluding hydrogens is 416 g/mol. The lowest BCUT2D eigenvalue weighted by Crippen LogP contribution is -2.33. The van der Waals surface area contributed by atoms with Gasteiger partial charge in [0.05, 0.1) is 24.1 Å². The van der Waals surface area contributed by atoms with Crippen molar-refractivity contribution in [3.05, 3.63) is 82.1 Å². The van der Waals surface area contributed by atoms with Gasteiger partial charge in [0.15, 0.2) is 0 Å². The Morgan fingerprint density at radius 1 is 1.09 bits per heavy atom. The Balaban J connectivity index is 1.40. The number of hydrogen-bond donors (Lipinski definition) is 2. The predicted octanol–water partition coefficient (Wildman–Crippen LogP) is 1.80. The molecule has 0 unspecified atom stereocenters. The fourth-order valence-electron chi connectivity index (χ4n) is 3.07. The minimum atomic E-state index is -0.570. The summed E-state index contributed by atoms with van der Waals surface area (Å²) in [6.07, 6.45) is 1.51. The molecule has 0 saturated carbocycles. The summed E-state index contributed by atoms with van der Waals surface area (Å²) in [5.74, 6) is 1.09. The van der Waals surface area contributed by atoms with Gasteiger partial charge in [0.1, 0.15) is 23.8 Å². The molecule has 3 aromatic heterocycles. The van der Waals surface area contributed by atoms with E-state index in [1.807, 2.05) is 0 Å². The van der Waals surface area contributed by atoms with E-state index in [1.54, 1.807) is 56.3 Å². The molecule has 4 aromatic rings. The normalized spacial score (nSPS) is 10.8. The maximum atomic E-state index is 12.5. The fourth-order valence-corrected chi connectivity index (χ4v) is 3.07. The molecule has 0 fully saturated rings. The molecule has 11 heteroatoms. The lowest BCUT2D eigenvalue weighted by molar-refractivity contribution is -0.122. The largest absolute Gasteiger partial charge is 0.467 e. The summed E-state index contributed by atoms with van der Waals surface area (Å²) in [4.78, 5) is 37.0. The van der Waals surface area contributed by atoms with Crippen LogP contribution in [0.5, 0.6) is 0 Å². The highest BCUT2D eigenvalue weighted by molar-refractivity contribution is 6.05. The number of rotatable bonds is 7. The number of amides is 2. The Morgan fingerprint density at radius 2 is 1.88 bits per heavy atom. The number of anilines is 1. The van der Waals surface area contributed by atoms with Crippen molar-refractivity contribution in [2.45, 2.75) is 26.9 Å². The third-order valence-corrected chi connectivity index (χ3v) is 4.63. The first-order chi connectivity index (χ1) is 15.4. The van der Waals surface area contributed by atoms with Crippen LogP contribution >= 0.6 is 0 Å². The highest BCUT2D eigenvalue weighted by atomic mass is 16.3. The average Bonchev–Trinajstić information content (AvgIpc) is 3.49. The average molecular weight is 436 g/mol. The molecule has 0 aliphatic heterocycles. The van der Waals surface area contributed by atoms with Gasteiger partial charge in [0.2, 0.25) is 5.91 Å². The van der Waals surface area contributed by atoms with Gasteiger partial charge in [-0.15, -0.1) is 0 Å². The number of carbonyl (C=O) groups is 2. The summed E-state index contributed by atoms with van der Waals surface area (Å²) in [5, 5.41) is 13.0. The van der Waals surface area contributed by atoms with Gasteiger partial charge in [-0.25, -0.2) is 4.79 Å². The highest BCUT2D eigenvalue weighted by Crippen LogP contribution is 2.17. The summed E-state index contributed by atoms with van der Waals surface area (Å²) in [7, 11) is 0. The third kappa shape index (κ3) is 4.51. The number of aryl methyl sites for hydroxylation is 2. The lowest BCUT2D eigenvalue weighted by atomic mass is 10.2. The maximum absolute atomic E-state index is 12.5. The molecular formula is C21H20N6O5. The van der Waals surface area contributed by atoms with Crippen molar-refractivity contribution in [2.75, 3.05) is 5.32 Å². The van der Waals surface area contributed by atoms with E-state index in [0.717, 1.165) is 9.36 Å². The topological polar surface area (TPSA) is 137 Å². The van der Waals surface area contributed by atoms with Crippen molar-refractivity contribution >= 4 is 17.5 Å². The number of furan rings is 2. The second-order valence-electron chi connectivity index (χ2n) is 7.01. The Hall–Kier alpha value is -4.41. The van der Waals surface area contributed by atoms with E-state index < -0.39 is 11.6 Å². The minimum absolute atomic E-state index is 0.208. The van der Waals surface area contributed by atoms with Crippen LogP contribution in [0.2, 0.25) is 0 Å². The molecule has 0 spiro atoms. The van der Waals surface area contributed by atoms with Crippen LogP contribution in [0.3, 0.4) is 0 Å². The Kier molecular flexibility index (Phi) is 5.71. The molecule has 0 radical (unpaired) electrons. The molecule has 3 heterocycles. The zero-order valence-electron chi connectivity index (χ0n) is 17.4. The monoisotopic (exact) mass is 436 g/mol. The molecule has 0 aliphatic rings. The lowest BCUT2D eigenvalue weighted by Gasteiger charge is -2.05. The van der Waals surface area contributed by atoms with Crippen LogP contribution in [0.25, 0.3) is 5.69 Å². The van der Waals surface area contributed by atoms with Gasteiger partial charge in [0.25, 0.3) is 5.91 Å². The zero-order valence-corrected chi connectivity index (χ0v) is 17.4. The standard InChI is InChI=1S/C21H20N6O5/c1-13-10-18(14(2)32-13)20(29)23-15-5-7-16(8-6-15)27-21(30)26(24-25-27)12-19(28)22-11-17-4-3-9-31-17/h3-10H,11-12H2,1-2H3,(H,22,28)(H,23,29). The number of nitrogens with one attached hydrogen (secondary N) is 2. The molecule has 0 aliphatic carbocycles. The van der Waals surface area contributed by atoms with Gasteiger partial charge >= 0.3 is 5.69 Å². The fraction of sp³-hybridized carbons (Fsp3) is 0.190. The molecule has 2 amide bonds. The van der Waals surface area contributed by atoms with E-state index in [0.29, 0.717) is 34.2 Å². The molecule has 0 saturated heterocycles. The first kappa shape index (κ1) is 20.8. The van der Waals surface area contributed by atoms with Crippen LogP contribution in [0.1, 0.15) is 27.6 Å². The molecule has 0 atom stereocenters. The second-order valence-corrected chi connectivity index (χ2v) is 7.01. The first-order valence-electron chi connectivity index (χ1n) is 9.71. The number of benzene rings is 1. The van der Waals surface area contributed by atoms with Gasteiger partial charge in [-0.1, -0.05) is 0 Å².